The van der Waals surface area contributed by atoms with E-state index in [2.05, 4.69) is 12.0 Å². The van der Waals surface area contributed by atoms with Crippen LogP contribution >= 0.6 is 0 Å². The summed E-state index contributed by atoms with van der Waals surface area (Å²) in [7, 11) is 0. The Bertz CT molecular complexity index is 1010. The van der Waals surface area contributed by atoms with Crippen LogP contribution in [0, 0.1) is 11.3 Å². The quantitative estimate of drug-likeness (QED) is 0.836. The van der Waals surface area contributed by atoms with Crippen molar-refractivity contribution in [3.63, 3.8) is 0 Å². The van der Waals surface area contributed by atoms with Crippen molar-refractivity contribution in [2.75, 3.05) is 29.6 Å². The SMILES string of the molecule is C[C@H]1CN(C(=O)O)c2cc(-c3cnn(CC4(C)COC4)c3)ccc2N1C(=O)C1CC1. The largest absolute Gasteiger partial charge is 0.465 e. The lowest BCUT2D eigenvalue weighted by molar-refractivity contribution is -0.120. The molecular weight excluding hydrogens is 384 g/mol. The molecular formula is C22H26N4O4. The van der Waals surface area contributed by atoms with Crippen LogP contribution in [-0.4, -0.2) is 52.7 Å². The monoisotopic (exact) mass is 410 g/mol. The maximum atomic E-state index is 12.9. The van der Waals surface area contributed by atoms with Crippen molar-refractivity contribution in [3.05, 3.63) is 30.6 Å². The number of nitrogens with zero attached hydrogens (tertiary/aromatic N) is 4. The van der Waals surface area contributed by atoms with Gasteiger partial charge in [-0.25, -0.2) is 4.79 Å². The molecule has 2 aliphatic heterocycles. The number of carboxylic acid groups (broad SMARTS) is 1. The molecule has 158 valence electrons. The van der Waals surface area contributed by atoms with E-state index < -0.39 is 6.09 Å². The van der Waals surface area contributed by atoms with Crippen LogP contribution in [0.4, 0.5) is 16.2 Å². The third kappa shape index (κ3) is 3.25. The summed E-state index contributed by atoms with van der Waals surface area (Å²) in [5.41, 5.74) is 3.14. The minimum Gasteiger partial charge on any atom is -0.465 e. The minimum atomic E-state index is -1.01. The predicted octanol–water partition coefficient (Wildman–Crippen LogP) is 3.22. The molecule has 1 aromatic heterocycles. The molecule has 8 heteroatoms. The second kappa shape index (κ2) is 6.84. The van der Waals surface area contributed by atoms with Gasteiger partial charge in [-0.1, -0.05) is 13.0 Å². The van der Waals surface area contributed by atoms with Gasteiger partial charge < -0.3 is 14.7 Å². The molecule has 1 N–H and O–H groups in total. The highest BCUT2D eigenvalue weighted by molar-refractivity contribution is 6.04. The van der Waals surface area contributed by atoms with E-state index in [4.69, 9.17) is 4.74 Å². The van der Waals surface area contributed by atoms with Gasteiger partial charge >= 0.3 is 6.09 Å². The highest BCUT2D eigenvalue weighted by atomic mass is 16.5. The van der Waals surface area contributed by atoms with E-state index in [9.17, 15) is 14.7 Å². The smallest absolute Gasteiger partial charge is 0.411 e. The van der Waals surface area contributed by atoms with Gasteiger partial charge in [-0.05, 0) is 37.5 Å². The molecule has 1 saturated heterocycles. The summed E-state index contributed by atoms with van der Waals surface area (Å²) in [6.45, 7) is 6.59. The Kier molecular flexibility index (Phi) is 4.36. The van der Waals surface area contributed by atoms with E-state index in [-0.39, 0.29) is 29.8 Å². The van der Waals surface area contributed by atoms with Gasteiger partial charge in [-0.15, -0.1) is 0 Å². The Balaban J connectivity index is 1.49. The van der Waals surface area contributed by atoms with Gasteiger partial charge in [0.25, 0.3) is 0 Å². The van der Waals surface area contributed by atoms with Gasteiger partial charge in [0.2, 0.25) is 5.91 Å². The normalized spacial score (nSPS) is 22.4. The molecule has 5 rings (SSSR count). The van der Waals surface area contributed by atoms with Crippen molar-refractivity contribution in [2.45, 2.75) is 39.3 Å². The zero-order chi connectivity index (χ0) is 21.0. The number of anilines is 2. The zero-order valence-electron chi connectivity index (χ0n) is 17.2. The predicted molar refractivity (Wildman–Crippen MR) is 112 cm³/mol. The van der Waals surface area contributed by atoms with Crippen molar-refractivity contribution in [1.29, 1.82) is 0 Å². The number of benzene rings is 1. The van der Waals surface area contributed by atoms with Crippen molar-refractivity contribution < 1.29 is 19.4 Å². The van der Waals surface area contributed by atoms with E-state index in [1.165, 1.54) is 4.90 Å². The van der Waals surface area contributed by atoms with Crippen molar-refractivity contribution in [1.82, 2.24) is 9.78 Å². The third-order valence-corrected chi connectivity index (χ3v) is 6.22. The Morgan fingerprint density at radius 3 is 2.63 bits per heavy atom. The summed E-state index contributed by atoms with van der Waals surface area (Å²) in [5.74, 6) is 0.178. The molecule has 1 atom stereocenters. The maximum Gasteiger partial charge on any atom is 0.411 e. The first-order valence-electron chi connectivity index (χ1n) is 10.4. The fraction of sp³-hybridized carbons (Fsp3) is 0.500. The first-order chi connectivity index (χ1) is 14.3. The molecule has 2 fully saturated rings. The van der Waals surface area contributed by atoms with Crippen LogP contribution in [-0.2, 0) is 16.1 Å². The molecule has 3 aliphatic rings. The molecule has 1 aliphatic carbocycles. The second-order valence-corrected chi connectivity index (χ2v) is 9.16. The standard InChI is InChI=1S/C22H26N4O4/c1-14-9-25(21(28)29)19-7-16(5-6-18(19)26(14)20(27)15-3-4-15)17-8-23-24(10-17)11-22(2)12-30-13-22/h5-8,10,14-15H,3-4,9,11-13H2,1-2H3,(H,28,29)/t14-/m0/s1. The number of aromatic nitrogens is 2. The van der Waals surface area contributed by atoms with Gasteiger partial charge in [0.05, 0.1) is 43.4 Å². The number of carbonyl (C=O) groups is 2. The summed E-state index contributed by atoms with van der Waals surface area (Å²) in [6, 6.07) is 5.48. The fourth-order valence-electron chi connectivity index (χ4n) is 4.38. The molecule has 2 aromatic rings. The van der Waals surface area contributed by atoms with Gasteiger partial charge in [0.1, 0.15) is 0 Å². The lowest BCUT2D eigenvalue weighted by Gasteiger charge is -2.40. The Morgan fingerprint density at radius 2 is 2.00 bits per heavy atom. The number of carbonyl (C=O) groups excluding carboxylic acids is 1. The summed E-state index contributed by atoms with van der Waals surface area (Å²) in [6.07, 6.45) is 4.61. The van der Waals surface area contributed by atoms with E-state index in [1.807, 2.05) is 36.0 Å². The maximum absolute atomic E-state index is 12.9. The van der Waals surface area contributed by atoms with E-state index in [0.29, 0.717) is 11.4 Å². The molecule has 8 nitrogen and oxygen atoms in total. The van der Waals surface area contributed by atoms with E-state index in [0.717, 1.165) is 43.7 Å². The Labute approximate surface area is 175 Å². The Hall–Kier alpha value is -2.87. The van der Waals surface area contributed by atoms with Crippen LogP contribution in [0.1, 0.15) is 26.7 Å². The molecule has 0 unspecified atom stereocenters. The molecule has 0 spiro atoms. The summed E-state index contributed by atoms with van der Waals surface area (Å²) in [5, 5.41) is 14.2. The number of ether oxygens (including phenoxy) is 1. The Morgan fingerprint density at radius 1 is 1.23 bits per heavy atom. The van der Waals surface area contributed by atoms with Crippen molar-refractivity contribution in [2.24, 2.45) is 11.3 Å². The summed E-state index contributed by atoms with van der Waals surface area (Å²) >= 11 is 0. The molecule has 1 saturated carbocycles. The average Bonchev–Trinajstić information content (AvgIpc) is 3.44. The van der Waals surface area contributed by atoms with Crippen LogP contribution in [0.5, 0.6) is 0 Å². The number of hydrogen-bond acceptors (Lipinski definition) is 4. The summed E-state index contributed by atoms with van der Waals surface area (Å²) < 4.78 is 7.24. The van der Waals surface area contributed by atoms with Crippen molar-refractivity contribution >= 4 is 23.4 Å². The molecule has 0 radical (unpaired) electrons. The van der Waals surface area contributed by atoms with Crippen LogP contribution in [0.2, 0.25) is 0 Å². The molecule has 2 amide bonds. The topological polar surface area (TPSA) is 87.9 Å². The lowest BCUT2D eigenvalue weighted by Crippen LogP contribution is -2.52. The fourth-order valence-corrected chi connectivity index (χ4v) is 4.38. The van der Waals surface area contributed by atoms with Gasteiger partial charge in [-0.2, -0.15) is 5.10 Å². The first kappa shape index (κ1) is 19.1. The van der Waals surface area contributed by atoms with Crippen LogP contribution in [0.3, 0.4) is 0 Å². The van der Waals surface area contributed by atoms with Gasteiger partial charge in [0, 0.05) is 29.6 Å². The van der Waals surface area contributed by atoms with Gasteiger partial charge in [-0.3, -0.25) is 14.4 Å². The van der Waals surface area contributed by atoms with Gasteiger partial charge in [0.15, 0.2) is 0 Å². The minimum absolute atomic E-state index is 0.0754. The lowest BCUT2D eigenvalue weighted by atomic mass is 9.89. The van der Waals surface area contributed by atoms with E-state index in [1.54, 1.807) is 11.1 Å². The summed E-state index contributed by atoms with van der Waals surface area (Å²) in [4.78, 5) is 27.9. The first-order valence-corrected chi connectivity index (χ1v) is 10.4. The van der Waals surface area contributed by atoms with Crippen LogP contribution < -0.4 is 9.80 Å². The highest BCUT2D eigenvalue weighted by Gasteiger charge is 2.41. The van der Waals surface area contributed by atoms with Crippen LogP contribution in [0.15, 0.2) is 30.6 Å². The molecule has 3 heterocycles. The van der Waals surface area contributed by atoms with E-state index >= 15 is 0 Å². The molecule has 0 bridgehead atoms. The highest BCUT2D eigenvalue weighted by Crippen LogP contribution is 2.42. The zero-order valence-corrected chi connectivity index (χ0v) is 17.2. The number of fused-ring (bicyclic) bond motifs is 1. The number of rotatable bonds is 4. The molecule has 1 aromatic carbocycles. The average molecular weight is 410 g/mol. The molecule has 30 heavy (non-hydrogen) atoms. The van der Waals surface area contributed by atoms with Crippen LogP contribution in [0.25, 0.3) is 11.1 Å². The second-order valence-electron chi connectivity index (χ2n) is 9.16. The third-order valence-electron chi connectivity index (χ3n) is 6.22. The number of amides is 2. The number of hydrogen-bond donors (Lipinski definition) is 1. The van der Waals surface area contributed by atoms with Crippen molar-refractivity contribution in [3.8, 4) is 11.1 Å².